The lowest BCUT2D eigenvalue weighted by Crippen LogP contribution is -2.27. The number of nitrogens with one attached hydrogen (secondary N) is 2. The highest BCUT2D eigenvalue weighted by Gasteiger charge is 2.21. The average molecular weight is 295 g/mol. The van der Waals surface area contributed by atoms with Gasteiger partial charge in [0.1, 0.15) is 11.6 Å². The van der Waals surface area contributed by atoms with E-state index < -0.39 is 16.1 Å². The van der Waals surface area contributed by atoms with Crippen LogP contribution in [0.5, 0.6) is 5.75 Å². The van der Waals surface area contributed by atoms with Crippen molar-refractivity contribution in [1.29, 1.82) is 0 Å². The molecule has 0 aliphatic heterocycles. The summed E-state index contributed by atoms with van der Waals surface area (Å²) in [5.41, 5.74) is 0.773. The monoisotopic (exact) mass is 295 g/mol. The van der Waals surface area contributed by atoms with Crippen LogP contribution in [-0.4, -0.2) is 25.5 Å². The van der Waals surface area contributed by atoms with Crippen LogP contribution < -0.4 is 9.46 Å². The Kier molecular flexibility index (Phi) is 4.10. The van der Waals surface area contributed by atoms with Crippen molar-refractivity contribution in [2.45, 2.75) is 24.9 Å². The molecule has 0 fully saturated rings. The highest BCUT2D eigenvalue weighted by Crippen LogP contribution is 2.25. The second-order valence-electron chi connectivity index (χ2n) is 4.42. The number of H-pyrrole nitrogens is 1. The van der Waals surface area contributed by atoms with E-state index in [4.69, 9.17) is 4.74 Å². The number of para-hydroxylation sites is 1. The number of sulfonamides is 1. The molecule has 1 unspecified atom stereocenters. The van der Waals surface area contributed by atoms with E-state index >= 15 is 0 Å². The van der Waals surface area contributed by atoms with Crippen LogP contribution >= 0.6 is 0 Å². The molecule has 0 saturated carbocycles. The van der Waals surface area contributed by atoms with Crippen molar-refractivity contribution in [3.8, 4) is 5.75 Å². The van der Waals surface area contributed by atoms with Crippen LogP contribution in [0.2, 0.25) is 0 Å². The Labute approximate surface area is 118 Å². The third-order valence-electron chi connectivity index (χ3n) is 2.91. The Morgan fingerprint density at radius 1 is 1.35 bits per heavy atom. The minimum atomic E-state index is -3.64. The van der Waals surface area contributed by atoms with Gasteiger partial charge in [-0.3, -0.25) is 0 Å². The highest BCUT2D eigenvalue weighted by atomic mass is 32.2. The molecule has 1 heterocycles. The number of benzene rings is 1. The molecule has 20 heavy (non-hydrogen) atoms. The summed E-state index contributed by atoms with van der Waals surface area (Å²) in [4.78, 5) is 6.61. The first-order valence-corrected chi connectivity index (χ1v) is 7.59. The van der Waals surface area contributed by atoms with E-state index in [9.17, 15) is 8.42 Å². The largest absolute Gasteiger partial charge is 0.496 e. The Hall–Kier alpha value is -1.86. The fourth-order valence-electron chi connectivity index (χ4n) is 1.92. The maximum absolute atomic E-state index is 12.2. The predicted octanol–water partition coefficient (Wildman–Crippen LogP) is 1.77. The molecule has 0 radical (unpaired) electrons. The van der Waals surface area contributed by atoms with Gasteiger partial charge in [-0.1, -0.05) is 18.2 Å². The fourth-order valence-corrected chi connectivity index (χ4v) is 3.11. The third-order valence-corrected chi connectivity index (χ3v) is 4.36. The van der Waals surface area contributed by atoms with Gasteiger partial charge in [0.05, 0.1) is 13.3 Å². The molecule has 1 atom stereocenters. The number of aromatic nitrogens is 2. The van der Waals surface area contributed by atoms with Crippen molar-refractivity contribution in [3.05, 3.63) is 41.9 Å². The molecule has 0 spiro atoms. The average Bonchev–Trinajstić information content (AvgIpc) is 2.85. The Bertz CT molecular complexity index is 694. The van der Waals surface area contributed by atoms with E-state index in [1.807, 2.05) is 18.2 Å². The Morgan fingerprint density at radius 3 is 2.65 bits per heavy atom. The van der Waals surface area contributed by atoms with Gasteiger partial charge < -0.3 is 9.72 Å². The number of rotatable bonds is 5. The molecule has 0 amide bonds. The van der Waals surface area contributed by atoms with Crippen molar-refractivity contribution >= 4 is 10.0 Å². The van der Waals surface area contributed by atoms with Crippen LogP contribution in [0.25, 0.3) is 0 Å². The van der Waals surface area contributed by atoms with Crippen LogP contribution in [0.3, 0.4) is 0 Å². The second kappa shape index (κ2) is 5.64. The van der Waals surface area contributed by atoms with Gasteiger partial charge in [-0.25, -0.2) is 18.1 Å². The number of hydrogen-bond acceptors (Lipinski definition) is 4. The molecule has 2 N–H and O–H groups in total. The van der Waals surface area contributed by atoms with E-state index in [2.05, 4.69) is 14.7 Å². The van der Waals surface area contributed by atoms with Crippen LogP contribution in [0.4, 0.5) is 0 Å². The molecule has 1 aromatic heterocycles. The van der Waals surface area contributed by atoms with Gasteiger partial charge in [-0.2, -0.15) is 0 Å². The number of aryl methyl sites for hydroxylation is 1. The summed E-state index contributed by atoms with van der Waals surface area (Å²) in [6.45, 7) is 3.46. The number of aromatic amines is 1. The molecule has 108 valence electrons. The van der Waals surface area contributed by atoms with Gasteiger partial charge in [0.25, 0.3) is 10.0 Å². The number of hydrogen-bond donors (Lipinski definition) is 2. The van der Waals surface area contributed by atoms with Crippen molar-refractivity contribution in [2.24, 2.45) is 0 Å². The first-order valence-electron chi connectivity index (χ1n) is 6.11. The number of ether oxygens (including phenoxy) is 1. The van der Waals surface area contributed by atoms with Crippen molar-refractivity contribution in [1.82, 2.24) is 14.7 Å². The van der Waals surface area contributed by atoms with Crippen molar-refractivity contribution in [3.63, 3.8) is 0 Å². The standard InChI is InChI=1S/C13H17N3O3S/c1-9(11-6-4-5-7-12(11)19-3)16-20(17,18)13-8-14-10(2)15-13/h4-9,16H,1-3H3,(H,14,15). The van der Waals surface area contributed by atoms with Crippen LogP contribution in [0, 0.1) is 6.92 Å². The molecular weight excluding hydrogens is 278 g/mol. The summed E-state index contributed by atoms with van der Waals surface area (Å²) in [5.74, 6) is 1.19. The van der Waals surface area contributed by atoms with Crippen LogP contribution in [0.1, 0.15) is 24.4 Å². The van der Waals surface area contributed by atoms with Gasteiger partial charge in [-0.15, -0.1) is 0 Å². The molecule has 2 aromatic rings. The van der Waals surface area contributed by atoms with Gasteiger partial charge in [0, 0.05) is 11.6 Å². The quantitative estimate of drug-likeness (QED) is 0.880. The minimum absolute atomic E-state index is 0.0525. The summed E-state index contributed by atoms with van der Waals surface area (Å²) < 4.78 is 32.2. The molecule has 0 bridgehead atoms. The second-order valence-corrected chi connectivity index (χ2v) is 6.10. The SMILES string of the molecule is COc1ccccc1C(C)NS(=O)(=O)c1cnc(C)[nH]1. The summed E-state index contributed by atoms with van der Waals surface area (Å²) in [6.07, 6.45) is 1.30. The third kappa shape index (κ3) is 3.00. The molecule has 0 aliphatic rings. The Balaban J connectivity index is 2.25. The predicted molar refractivity (Wildman–Crippen MR) is 75.1 cm³/mol. The van der Waals surface area contributed by atoms with E-state index in [-0.39, 0.29) is 5.03 Å². The molecule has 7 heteroatoms. The molecular formula is C13H17N3O3S. The zero-order valence-electron chi connectivity index (χ0n) is 11.5. The lowest BCUT2D eigenvalue weighted by molar-refractivity contribution is 0.405. The number of nitrogens with zero attached hydrogens (tertiary/aromatic N) is 1. The zero-order chi connectivity index (χ0) is 14.8. The topological polar surface area (TPSA) is 84.1 Å². The molecule has 0 aliphatic carbocycles. The molecule has 0 saturated heterocycles. The van der Waals surface area contributed by atoms with Crippen LogP contribution in [0.15, 0.2) is 35.5 Å². The van der Waals surface area contributed by atoms with E-state index in [0.717, 1.165) is 5.56 Å². The molecule has 1 aromatic carbocycles. The first kappa shape index (κ1) is 14.5. The number of methoxy groups -OCH3 is 1. The lowest BCUT2D eigenvalue weighted by atomic mass is 10.1. The zero-order valence-corrected chi connectivity index (χ0v) is 12.4. The smallest absolute Gasteiger partial charge is 0.258 e. The summed E-state index contributed by atoms with van der Waals surface area (Å²) >= 11 is 0. The lowest BCUT2D eigenvalue weighted by Gasteiger charge is -2.16. The summed E-state index contributed by atoms with van der Waals surface area (Å²) in [7, 11) is -2.08. The van der Waals surface area contributed by atoms with Gasteiger partial charge in [0.15, 0.2) is 5.03 Å². The Morgan fingerprint density at radius 2 is 2.05 bits per heavy atom. The molecule has 6 nitrogen and oxygen atoms in total. The minimum Gasteiger partial charge on any atom is -0.496 e. The maximum Gasteiger partial charge on any atom is 0.258 e. The first-order chi connectivity index (χ1) is 9.44. The van der Waals surface area contributed by atoms with Crippen molar-refractivity contribution in [2.75, 3.05) is 7.11 Å². The summed E-state index contributed by atoms with van der Waals surface area (Å²) in [5, 5.41) is 0.0525. The normalized spacial score (nSPS) is 13.2. The summed E-state index contributed by atoms with van der Waals surface area (Å²) in [6, 6.07) is 6.87. The fraction of sp³-hybridized carbons (Fsp3) is 0.308. The van der Waals surface area contributed by atoms with Gasteiger partial charge >= 0.3 is 0 Å². The highest BCUT2D eigenvalue weighted by molar-refractivity contribution is 7.89. The van der Waals surface area contributed by atoms with E-state index in [0.29, 0.717) is 11.6 Å². The van der Waals surface area contributed by atoms with Crippen LogP contribution in [-0.2, 0) is 10.0 Å². The van der Waals surface area contributed by atoms with E-state index in [1.165, 1.54) is 6.20 Å². The number of imidazole rings is 1. The maximum atomic E-state index is 12.2. The van der Waals surface area contributed by atoms with Gasteiger partial charge in [-0.05, 0) is 19.9 Å². The van der Waals surface area contributed by atoms with Gasteiger partial charge in [0.2, 0.25) is 0 Å². The molecule has 2 rings (SSSR count). The van der Waals surface area contributed by atoms with E-state index in [1.54, 1.807) is 27.0 Å². The van der Waals surface area contributed by atoms with Crippen molar-refractivity contribution < 1.29 is 13.2 Å².